The topological polar surface area (TPSA) is 117 Å². The molecule has 0 aromatic heterocycles. The number of hydrogen-bond acceptors (Lipinski definition) is 5. The van der Waals surface area contributed by atoms with Crippen molar-refractivity contribution in [2.75, 3.05) is 7.11 Å². The lowest BCUT2D eigenvalue weighted by Crippen LogP contribution is -2.66. The van der Waals surface area contributed by atoms with Gasteiger partial charge in [-0.15, -0.1) is 0 Å². The van der Waals surface area contributed by atoms with Gasteiger partial charge in [0.15, 0.2) is 11.8 Å². The molecule has 0 fully saturated rings. The number of carbonyl (C=O) groups excluding carboxylic acids is 1. The van der Waals surface area contributed by atoms with Gasteiger partial charge in [-0.25, -0.2) is 4.79 Å². The molecular weight excluding hydrogens is 228 g/mol. The number of esters is 1. The maximum atomic E-state index is 11.1. The number of nitro groups is 1. The Morgan fingerprint density at radius 1 is 1.65 bits per heavy atom. The Morgan fingerprint density at radius 3 is 2.82 bits per heavy atom. The van der Waals surface area contributed by atoms with E-state index in [4.69, 9.17) is 0 Å². The van der Waals surface area contributed by atoms with Crippen LogP contribution < -0.4 is 5.73 Å². The van der Waals surface area contributed by atoms with E-state index in [2.05, 4.69) is 10.5 Å². The Kier molecular flexibility index (Phi) is 4.00. The van der Waals surface area contributed by atoms with Crippen LogP contribution in [0.5, 0.6) is 5.75 Å². The van der Waals surface area contributed by atoms with Crippen molar-refractivity contribution in [3.63, 3.8) is 0 Å². The number of nitrogens with zero attached hydrogens (tertiary/aromatic N) is 1. The lowest BCUT2D eigenvalue weighted by Gasteiger charge is -2.06. The van der Waals surface area contributed by atoms with Crippen LogP contribution in [0.4, 0.5) is 5.69 Å². The summed E-state index contributed by atoms with van der Waals surface area (Å²) in [4.78, 5) is 21.0. The van der Waals surface area contributed by atoms with Crippen molar-refractivity contribution in [2.24, 2.45) is 0 Å². The summed E-state index contributed by atoms with van der Waals surface area (Å²) in [5, 5.41) is 19.8. The van der Waals surface area contributed by atoms with Crippen molar-refractivity contribution in [1.82, 2.24) is 0 Å². The first-order valence-electron chi connectivity index (χ1n) is 4.83. The van der Waals surface area contributed by atoms with Gasteiger partial charge in [0, 0.05) is 12.5 Å². The van der Waals surface area contributed by atoms with Crippen molar-refractivity contribution in [3.8, 4) is 5.75 Å². The molecule has 1 aromatic rings. The first kappa shape index (κ1) is 12.9. The molecule has 1 unspecified atom stereocenters. The zero-order chi connectivity index (χ0) is 13.0. The number of phenols is 1. The van der Waals surface area contributed by atoms with Gasteiger partial charge in [0.25, 0.3) is 0 Å². The van der Waals surface area contributed by atoms with Crippen LogP contribution in [-0.2, 0) is 16.0 Å². The summed E-state index contributed by atoms with van der Waals surface area (Å²) in [5.74, 6) is -0.891. The fourth-order valence-corrected chi connectivity index (χ4v) is 1.38. The molecule has 0 saturated carbocycles. The number of aromatic hydroxyl groups is 1. The van der Waals surface area contributed by atoms with Gasteiger partial charge >= 0.3 is 11.7 Å². The van der Waals surface area contributed by atoms with E-state index in [1.807, 2.05) is 0 Å². The Hall–Kier alpha value is -2.15. The number of hydrogen-bond donors (Lipinski definition) is 2. The van der Waals surface area contributed by atoms with Gasteiger partial charge in [-0.3, -0.25) is 10.1 Å². The monoisotopic (exact) mass is 241 g/mol. The first-order chi connectivity index (χ1) is 7.95. The van der Waals surface area contributed by atoms with E-state index in [-0.39, 0.29) is 12.1 Å². The molecule has 92 valence electrons. The molecule has 0 aliphatic heterocycles. The van der Waals surface area contributed by atoms with Gasteiger partial charge in [0.05, 0.1) is 12.0 Å². The number of ether oxygens (including phenoxy) is 1. The second-order valence-electron chi connectivity index (χ2n) is 3.50. The maximum Gasteiger partial charge on any atom is 0.364 e. The molecule has 0 heterocycles. The number of rotatable bonds is 4. The van der Waals surface area contributed by atoms with Gasteiger partial charge in [-0.1, -0.05) is 6.07 Å². The predicted molar refractivity (Wildman–Crippen MR) is 57.2 cm³/mol. The minimum absolute atomic E-state index is 0.216. The van der Waals surface area contributed by atoms with Crippen LogP contribution in [0.3, 0.4) is 0 Å². The predicted octanol–water partition coefficient (Wildman–Crippen LogP) is -0.374. The second-order valence-corrected chi connectivity index (χ2v) is 3.50. The van der Waals surface area contributed by atoms with E-state index in [1.165, 1.54) is 25.3 Å². The number of carbonyl (C=O) groups is 1. The van der Waals surface area contributed by atoms with E-state index < -0.39 is 22.7 Å². The zero-order valence-electron chi connectivity index (χ0n) is 9.25. The van der Waals surface area contributed by atoms with Gasteiger partial charge in [-0.05, 0) is 11.6 Å². The fourth-order valence-electron chi connectivity index (χ4n) is 1.38. The summed E-state index contributed by atoms with van der Waals surface area (Å²) >= 11 is 0. The molecule has 1 atom stereocenters. The summed E-state index contributed by atoms with van der Waals surface area (Å²) in [5.41, 5.74) is 3.75. The Morgan fingerprint density at radius 2 is 2.29 bits per heavy atom. The highest BCUT2D eigenvalue weighted by molar-refractivity contribution is 5.74. The maximum absolute atomic E-state index is 11.1. The molecule has 0 aliphatic rings. The molecule has 0 spiro atoms. The SMILES string of the molecule is COC(=O)C([NH3+])Cc1ccc(O)c([N+](=O)[O-])c1. The van der Waals surface area contributed by atoms with Crippen molar-refractivity contribution in [2.45, 2.75) is 12.5 Å². The second kappa shape index (κ2) is 5.26. The third-order valence-electron chi connectivity index (χ3n) is 2.25. The molecule has 0 aliphatic carbocycles. The molecule has 17 heavy (non-hydrogen) atoms. The summed E-state index contributed by atoms with van der Waals surface area (Å²) < 4.78 is 4.50. The van der Waals surface area contributed by atoms with E-state index in [0.717, 1.165) is 0 Å². The van der Waals surface area contributed by atoms with Crippen molar-refractivity contribution in [1.29, 1.82) is 0 Å². The molecule has 4 N–H and O–H groups in total. The summed E-state index contributed by atoms with van der Waals surface area (Å²) in [7, 11) is 1.25. The van der Waals surface area contributed by atoms with Gasteiger partial charge in [0.1, 0.15) is 0 Å². The highest BCUT2D eigenvalue weighted by Gasteiger charge is 2.20. The standard InChI is InChI=1S/C10H12N2O5/c1-17-10(14)7(11)4-6-2-3-9(13)8(5-6)12(15)16/h2-3,5,7,13H,4,11H2,1H3/p+1. The largest absolute Gasteiger partial charge is 0.502 e. The van der Waals surface area contributed by atoms with Crippen LogP contribution in [0.25, 0.3) is 0 Å². The van der Waals surface area contributed by atoms with Gasteiger partial charge in [0.2, 0.25) is 0 Å². The molecule has 1 rings (SSSR count). The van der Waals surface area contributed by atoms with E-state index in [9.17, 15) is 20.0 Å². The fraction of sp³-hybridized carbons (Fsp3) is 0.300. The Balaban J connectivity index is 2.90. The Bertz CT molecular complexity index is 446. The smallest absolute Gasteiger partial charge is 0.364 e. The molecule has 0 bridgehead atoms. The average molecular weight is 241 g/mol. The minimum Gasteiger partial charge on any atom is -0.502 e. The summed E-state index contributed by atoms with van der Waals surface area (Å²) in [6.07, 6.45) is 0.216. The molecule has 0 saturated heterocycles. The van der Waals surface area contributed by atoms with Gasteiger partial charge < -0.3 is 15.6 Å². The van der Waals surface area contributed by atoms with Crippen LogP contribution in [-0.4, -0.2) is 29.2 Å². The normalized spacial score (nSPS) is 11.9. The lowest BCUT2D eigenvalue weighted by atomic mass is 10.1. The van der Waals surface area contributed by atoms with E-state index in [0.29, 0.717) is 5.56 Å². The molecular formula is C10H13N2O5+. The van der Waals surface area contributed by atoms with Crippen LogP contribution in [0.15, 0.2) is 18.2 Å². The van der Waals surface area contributed by atoms with Crippen molar-refractivity contribution < 1.29 is 25.3 Å². The number of methoxy groups -OCH3 is 1. The van der Waals surface area contributed by atoms with Crippen LogP contribution in [0.1, 0.15) is 5.56 Å². The molecule has 7 heteroatoms. The lowest BCUT2D eigenvalue weighted by molar-refractivity contribution is -0.407. The average Bonchev–Trinajstić information content (AvgIpc) is 2.30. The number of quaternary nitrogens is 1. The van der Waals surface area contributed by atoms with Crippen LogP contribution in [0.2, 0.25) is 0 Å². The van der Waals surface area contributed by atoms with Crippen molar-refractivity contribution >= 4 is 11.7 Å². The zero-order valence-corrected chi connectivity index (χ0v) is 9.25. The minimum atomic E-state index is -0.685. The van der Waals surface area contributed by atoms with Crippen molar-refractivity contribution in [3.05, 3.63) is 33.9 Å². The first-order valence-corrected chi connectivity index (χ1v) is 4.83. The van der Waals surface area contributed by atoms with E-state index >= 15 is 0 Å². The number of phenolic OH excluding ortho intramolecular Hbond substituents is 1. The molecule has 0 amide bonds. The number of nitro benzene ring substituents is 1. The summed E-state index contributed by atoms with van der Waals surface area (Å²) in [6, 6.07) is 3.31. The number of benzene rings is 1. The third-order valence-corrected chi connectivity index (χ3v) is 2.25. The molecule has 7 nitrogen and oxygen atoms in total. The van der Waals surface area contributed by atoms with Crippen LogP contribution in [0, 0.1) is 10.1 Å². The third kappa shape index (κ3) is 3.15. The Labute approximate surface area is 97.0 Å². The molecule has 1 aromatic carbocycles. The highest BCUT2D eigenvalue weighted by Crippen LogP contribution is 2.26. The van der Waals surface area contributed by atoms with E-state index in [1.54, 1.807) is 0 Å². The quantitative estimate of drug-likeness (QED) is 0.423. The molecule has 0 radical (unpaired) electrons. The van der Waals surface area contributed by atoms with Gasteiger partial charge in [-0.2, -0.15) is 0 Å². The van der Waals surface area contributed by atoms with Crippen LogP contribution >= 0.6 is 0 Å². The summed E-state index contributed by atoms with van der Waals surface area (Å²) in [6.45, 7) is 0. The highest BCUT2D eigenvalue weighted by atomic mass is 16.6.